The van der Waals surface area contributed by atoms with E-state index in [2.05, 4.69) is 47.5 Å². The van der Waals surface area contributed by atoms with E-state index in [0.29, 0.717) is 59.8 Å². The van der Waals surface area contributed by atoms with E-state index in [4.69, 9.17) is 4.74 Å². The number of rotatable bonds is 6. The first-order chi connectivity index (χ1) is 23.7. The van der Waals surface area contributed by atoms with Gasteiger partial charge in [-0.05, 0) is 66.6 Å². The molecule has 2 bridgehead atoms. The number of carbonyl (C=O) groups excluding carboxylic acids is 3. The molecule has 1 saturated heterocycles. The normalized spacial score (nSPS) is 17.8. The third-order valence-corrected chi connectivity index (χ3v) is 8.43. The number of hydrogen-bond acceptors (Lipinski definition) is 11. The van der Waals surface area contributed by atoms with Crippen molar-refractivity contribution in [1.82, 2.24) is 40.4 Å². The van der Waals surface area contributed by atoms with E-state index in [1.165, 1.54) is 24.2 Å². The smallest absolute Gasteiger partial charge is 0.411 e. The second-order valence-corrected chi connectivity index (χ2v) is 11.9. The molecule has 0 saturated carbocycles. The van der Waals surface area contributed by atoms with Crippen molar-refractivity contribution < 1.29 is 24.2 Å². The lowest BCUT2D eigenvalue weighted by molar-refractivity contribution is -0.142. The molecule has 5 N–H and O–H groups in total. The number of carbonyl (C=O) groups is 3. The maximum absolute atomic E-state index is 13.5. The number of ether oxygens (including phenoxy) is 1. The Morgan fingerprint density at radius 1 is 1.14 bits per heavy atom. The lowest BCUT2D eigenvalue weighted by Gasteiger charge is -2.38. The van der Waals surface area contributed by atoms with E-state index in [9.17, 15) is 24.8 Å². The minimum atomic E-state index is -0.668. The Kier molecular flexibility index (Phi) is 9.62. The van der Waals surface area contributed by atoms with Crippen molar-refractivity contribution in [3.63, 3.8) is 0 Å². The number of aryl methyl sites for hydroxylation is 1. The van der Waals surface area contributed by atoms with Gasteiger partial charge in [0, 0.05) is 41.7 Å². The van der Waals surface area contributed by atoms with Gasteiger partial charge in [0.25, 0.3) is 0 Å². The molecule has 4 aromatic rings. The van der Waals surface area contributed by atoms with Gasteiger partial charge in [-0.3, -0.25) is 14.9 Å². The molecule has 2 atom stereocenters. The van der Waals surface area contributed by atoms with Crippen LogP contribution in [0.1, 0.15) is 54.4 Å². The molecular weight excluding hydrogens is 630 g/mol. The van der Waals surface area contributed by atoms with Gasteiger partial charge >= 0.3 is 6.09 Å². The predicted molar refractivity (Wildman–Crippen MR) is 177 cm³/mol. The standard InChI is InChI=1S/C33H35N11O5/c1-19-7-11-28(44-18-35-41-42-44)20(13-19)8-12-29(46)38-24-5-3-4-6-25(32(47)43-16-22(45)17-43)37-26-14-21(36-33(48)49-2)9-10-23(26)30-27(15-34)39-31(24)40-30/h7-14,18,22,24-25,37,45H,3-6,16-17H2,1-2H3,(H,36,48)(H,38,46)(H,39,40)/b12-8+/t24-,25+/m0/s1. The summed E-state index contributed by atoms with van der Waals surface area (Å²) in [5.74, 6) is -0.135. The topological polar surface area (TPSA) is 216 Å². The van der Waals surface area contributed by atoms with E-state index in [-0.39, 0.29) is 30.6 Å². The lowest BCUT2D eigenvalue weighted by Crippen LogP contribution is -2.57. The zero-order valence-electron chi connectivity index (χ0n) is 26.9. The number of aromatic nitrogens is 6. The molecule has 16 heteroatoms. The van der Waals surface area contributed by atoms with Gasteiger partial charge in [-0.25, -0.2) is 9.78 Å². The van der Waals surface area contributed by atoms with E-state index >= 15 is 0 Å². The van der Waals surface area contributed by atoms with Crippen molar-refractivity contribution in [3.8, 4) is 23.0 Å². The lowest BCUT2D eigenvalue weighted by atomic mass is 10.00. The van der Waals surface area contributed by atoms with E-state index in [1.807, 2.05) is 25.1 Å². The summed E-state index contributed by atoms with van der Waals surface area (Å²) in [7, 11) is 1.25. The van der Waals surface area contributed by atoms with Gasteiger partial charge < -0.3 is 30.4 Å². The van der Waals surface area contributed by atoms with Crippen LogP contribution in [0.2, 0.25) is 0 Å². The highest BCUT2D eigenvalue weighted by atomic mass is 16.5. The molecule has 16 nitrogen and oxygen atoms in total. The fraction of sp³-hybridized carbons (Fsp3) is 0.333. The first-order valence-corrected chi connectivity index (χ1v) is 15.8. The molecule has 2 aromatic carbocycles. The van der Waals surface area contributed by atoms with Crippen molar-refractivity contribution in [2.75, 3.05) is 30.8 Å². The van der Waals surface area contributed by atoms with Crippen molar-refractivity contribution in [3.05, 3.63) is 71.4 Å². The molecule has 0 unspecified atom stereocenters. The minimum absolute atomic E-state index is 0.0975. The monoisotopic (exact) mass is 665 g/mol. The fourth-order valence-corrected chi connectivity index (χ4v) is 5.91. The summed E-state index contributed by atoms with van der Waals surface area (Å²) in [4.78, 5) is 48.3. The van der Waals surface area contributed by atoms with E-state index < -0.39 is 24.3 Å². The van der Waals surface area contributed by atoms with Crippen molar-refractivity contribution >= 4 is 35.4 Å². The number of anilines is 2. The molecule has 1 fully saturated rings. The second kappa shape index (κ2) is 14.4. The van der Waals surface area contributed by atoms with Crippen LogP contribution in [0.3, 0.4) is 0 Å². The van der Waals surface area contributed by atoms with Gasteiger partial charge in [-0.1, -0.05) is 24.5 Å². The highest BCUT2D eigenvalue weighted by molar-refractivity contribution is 5.93. The van der Waals surface area contributed by atoms with Crippen LogP contribution in [0.25, 0.3) is 23.0 Å². The SMILES string of the molecule is COC(=O)Nc1ccc2c(c1)N[C@@H](C(=O)N1CC(O)C1)CCCC[C@H](NC(=O)/C=C/c1cc(C)ccc1-n1cnnn1)c1nc(C#N)c-2[nH]1. The molecule has 0 spiro atoms. The zero-order chi connectivity index (χ0) is 34.5. The summed E-state index contributed by atoms with van der Waals surface area (Å²) in [6, 6.07) is 11.6. The third-order valence-electron chi connectivity index (χ3n) is 8.43. The number of hydrogen-bond donors (Lipinski definition) is 5. The number of aliphatic hydroxyl groups is 1. The number of amides is 3. The molecular formula is C33H35N11O5. The van der Waals surface area contributed by atoms with Crippen molar-refractivity contribution in [1.29, 1.82) is 5.26 Å². The van der Waals surface area contributed by atoms with E-state index in [1.54, 1.807) is 29.2 Å². The maximum atomic E-state index is 13.5. The van der Waals surface area contributed by atoms with Crippen LogP contribution < -0.4 is 16.0 Å². The maximum Gasteiger partial charge on any atom is 0.411 e. The molecule has 49 heavy (non-hydrogen) atoms. The number of likely N-dealkylation sites (tertiary alicyclic amines) is 1. The van der Waals surface area contributed by atoms with Gasteiger partial charge in [0.2, 0.25) is 11.8 Å². The summed E-state index contributed by atoms with van der Waals surface area (Å²) in [6.45, 7) is 2.44. The second-order valence-electron chi connectivity index (χ2n) is 11.9. The Labute approximate surface area is 281 Å². The number of aromatic amines is 1. The van der Waals surface area contributed by atoms with Crippen molar-refractivity contribution in [2.45, 2.75) is 50.8 Å². The van der Waals surface area contributed by atoms with Gasteiger partial charge in [-0.2, -0.15) is 9.94 Å². The van der Waals surface area contributed by atoms with Crippen LogP contribution in [-0.4, -0.2) is 90.4 Å². The number of H-pyrrole nitrogens is 1. The largest absolute Gasteiger partial charge is 0.453 e. The number of nitrogens with zero attached hydrogens (tertiary/aromatic N) is 7. The molecule has 252 valence electrons. The van der Waals surface area contributed by atoms with Crippen LogP contribution >= 0.6 is 0 Å². The number of imidazole rings is 1. The van der Waals surface area contributed by atoms with Crippen LogP contribution in [0, 0.1) is 18.3 Å². The molecule has 2 aliphatic rings. The number of β-amino-alcohol motifs (C(OH)–C–C–N with tert-alkyl or cyclic N) is 1. The van der Waals surface area contributed by atoms with Crippen LogP contribution in [0.5, 0.6) is 0 Å². The number of benzene rings is 2. The first-order valence-electron chi connectivity index (χ1n) is 15.8. The van der Waals surface area contributed by atoms with Crippen LogP contribution in [0.15, 0.2) is 48.8 Å². The summed E-state index contributed by atoms with van der Waals surface area (Å²) in [5, 5.41) is 40.3. The fourth-order valence-electron chi connectivity index (χ4n) is 5.91. The number of nitrogens with one attached hydrogen (secondary N) is 4. The summed E-state index contributed by atoms with van der Waals surface area (Å²) < 4.78 is 6.26. The molecule has 2 aromatic heterocycles. The Morgan fingerprint density at radius 3 is 2.69 bits per heavy atom. The molecule has 2 aliphatic heterocycles. The minimum Gasteiger partial charge on any atom is -0.453 e. The Morgan fingerprint density at radius 2 is 1.96 bits per heavy atom. The van der Waals surface area contributed by atoms with Crippen LogP contribution in [-0.2, 0) is 14.3 Å². The average molecular weight is 666 g/mol. The highest BCUT2D eigenvalue weighted by Crippen LogP contribution is 2.35. The highest BCUT2D eigenvalue weighted by Gasteiger charge is 2.34. The molecule has 4 heterocycles. The van der Waals surface area contributed by atoms with E-state index in [0.717, 1.165) is 11.1 Å². The molecule has 6 rings (SSSR count). The van der Waals surface area contributed by atoms with Gasteiger partial charge in [0.15, 0.2) is 5.69 Å². The molecule has 3 amide bonds. The molecule has 0 radical (unpaired) electrons. The zero-order valence-corrected chi connectivity index (χ0v) is 26.9. The molecule has 0 aliphatic carbocycles. The van der Waals surface area contributed by atoms with Gasteiger partial charge in [-0.15, -0.1) is 5.10 Å². The number of aliphatic hydroxyl groups excluding tert-OH is 1. The Hall–Kier alpha value is -6.08. The number of tetrazole rings is 1. The summed E-state index contributed by atoms with van der Waals surface area (Å²) in [6.07, 6.45) is 5.55. The van der Waals surface area contributed by atoms with Gasteiger partial charge in [0.1, 0.15) is 24.3 Å². The Balaban J connectivity index is 1.32. The first kappa shape index (κ1) is 32.8. The number of methoxy groups -OCH3 is 1. The quantitative estimate of drug-likeness (QED) is 0.189. The predicted octanol–water partition coefficient (Wildman–Crippen LogP) is 2.84. The van der Waals surface area contributed by atoms with Crippen molar-refractivity contribution in [2.24, 2.45) is 0 Å². The van der Waals surface area contributed by atoms with Gasteiger partial charge in [0.05, 0.1) is 30.6 Å². The summed E-state index contributed by atoms with van der Waals surface area (Å²) in [5.41, 5.74) is 4.33. The average Bonchev–Trinajstić information content (AvgIpc) is 3.77. The Bertz CT molecular complexity index is 1920. The number of fused-ring (bicyclic) bond motifs is 4. The van der Waals surface area contributed by atoms with Crippen LogP contribution in [0.4, 0.5) is 16.2 Å². The third kappa shape index (κ3) is 7.41. The summed E-state index contributed by atoms with van der Waals surface area (Å²) >= 11 is 0. The number of nitriles is 1.